The summed E-state index contributed by atoms with van der Waals surface area (Å²) in [7, 11) is 0. The van der Waals surface area contributed by atoms with E-state index >= 15 is 0 Å². The number of alkyl halides is 3. The highest BCUT2D eigenvalue weighted by Gasteiger charge is 2.59. The number of benzene rings is 1. The largest absolute Gasteiger partial charge is 0.458 e. The van der Waals surface area contributed by atoms with Crippen LogP contribution in [0.2, 0.25) is 0 Å². The van der Waals surface area contributed by atoms with Gasteiger partial charge in [0.1, 0.15) is 6.10 Å². The molecule has 2 nitrogen and oxygen atoms in total. The molecule has 3 saturated carbocycles. The molecule has 5 heteroatoms. The Morgan fingerprint density at radius 2 is 1.80 bits per heavy atom. The second-order valence-electron chi connectivity index (χ2n) is 14.6. The average Bonchev–Trinajstić information content (AvgIpc) is 3.25. The van der Waals surface area contributed by atoms with Crippen LogP contribution < -0.4 is 0 Å². The zero-order chi connectivity index (χ0) is 28.9. The van der Waals surface area contributed by atoms with Gasteiger partial charge in [0.15, 0.2) is 0 Å². The first-order valence-electron chi connectivity index (χ1n) is 15.9. The number of rotatable bonds is 7. The van der Waals surface area contributed by atoms with Crippen LogP contribution >= 0.6 is 0 Å². The molecule has 1 aromatic carbocycles. The number of carbonyl (C=O) groups is 1. The molecule has 3 fully saturated rings. The van der Waals surface area contributed by atoms with Gasteiger partial charge in [0.05, 0.1) is 11.1 Å². The summed E-state index contributed by atoms with van der Waals surface area (Å²) in [5, 5.41) is 0. The van der Waals surface area contributed by atoms with Crippen LogP contribution in [-0.2, 0) is 10.9 Å². The highest BCUT2D eigenvalue weighted by Crippen LogP contribution is 2.67. The molecule has 0 heterocycles. The number of esters is 1. The van der Waals surface area contributed by atoms with Crippen molar-refractivity contribution in [2.75, 3.05) is 0 Å². The molecule has 0 saturated heterocycles. The molecule has 0 radical (unpaired) electrons. The summed E-state index contributed by atoms with van der Waals surface area (Å²) < 4.78 is 45.2. The minimum atomic E-state index is -4.48. The van der Waals surface area contributed by atoms with E-state index in [1.54, 1.807) is 0 Å². The number of allylic oxidation sites excluding steroid dienone is 1. The third kappa shape index (κ3) is 5.52. The van der Waals surface area contributed by atoms with E-state index in [9.17, 15) is 18.0 Å². The predicted octanol–water partition coefficient (Wildman–Crippen LogP) is 10.3. The standard InChI is InChI=1S/C35H49F3O2/c1-22(2)8-6-9-23(3)29-14-15-30-28-13-12-25-21-27(16-18-33(25,4)31(28)17-19-34(29,30)5)40-32(39)24-10-7-11-26(20-24)35(36,37)38/h7,10-12,20,22-23,27-31H,6,8-9,13-19,21H2,1-5H3/t23-,27+,28+,29-,30+,31+,33+,34-/m1/s1. The summed E-state index contributed by atoms with van der Waals surface area (Å²) in [5.41, 5.74) is 1.17. The van der Waals surface area contributed by atoms with Crippen molar-refractivity contribution in [3.8, 4) is 0 Å². The molecule has 1 aromatic rings. The van der Waals surface area contributed by atoms with Gasteiger partial charge in [-0.15, -0.1) is 0 Å². The Morgan fingerprint density at radius 1 is 1.02 bits per heavy atom. The molecule has 0 amide bonds. The molecule has 0 spiro atoms. The van der Waals surface area contributed by atoms with Gasteiger partial charge in [-0.05, 0) is 109 Å². The van der Waals surface area contributed by atoms with Gasteiger partial charge in [-0.1, -0.05) is 71.6 Å². The van der Waals surface area contributed by atoms with E-state index in [0.717, 1.165) is 61.0 Å². The summed E-state index contributed by atoms with van der Waals surface area (Å²) in [5.74, 6) is 4.01. The Morgan fingerprint density at radius 3 is 2.52 bits per heavy atom. The van der Waals surface area contributed by atoms with E-state index in [2.05, 4.69) is 40.7 Å². The highest BCUT2D eigenvalue weighted by molar-refractivity contribution is 5.89. The maximum atomic E-state index is 13.1. The third-order valence-corrected chi connectivity index (χ3v) is 12.0. The number of ether oxygens (including phenoxy) is 1. The first kappa shape index (κ1) is 29.7. The molecule has 222 valence electrons. The van der Waals surface area contributed by atoms with Gasteiger partial charge >= 0.3 is 12.1 Å². The molecule has 4 aliphatic rings. The normalized spacial score (nSPS) is 36.3. The summed E-state index contributed by atoms with van der Waals surface area (Å²) >= 11 is 0. The van der Waals surface area contributed by atoms with Gasteiger partial charge in [-0.25, -0.2) is 4.79 Å². The van der Waals surface area contributed by atoms with E-state index in [-0.39, 0.29) is 17.1 Å². The Balaban J connectivity index is 1.25. The lowest BCUT2D eigenvalue weighted by Gasteiger charge is -2.58. The zero-order valence-electron chi connectivity index (χ0n) is 25.2. The minimum absolute atomic E-state index is 0.0263. The molecule has 4 aliphatic carbocycles. The Kier molecular flexibility index (Phi) is 8.27. The van der Waals surface area contributed by atoms with E-state index in [1.807, 2.05) is 0 Å². The smallest absolute Gasteiger partial charge is 0.416 e. The number of hydrogen-bond donors (Lipinski definition) is 0. The Hall–Kier alpha value is -1.78. The fourth-order valence-corrected chi connectivity index (χ4v) is 9.79. The SMILES string of the molecule is CC(C)CCC[C@@H](C)[C@H]1CC[C@H]2[C@@H]3CC=C4C[C@@H](OC(=O)c5cccc(C(F)(F)F)c5)CC[C@]4(C)[C@H]3CC[C@]12C. The van der Waals surface area contributed by atoms with Gasteiger partial charge < -0.3 is 4.74 Å². The molecule has 5 rings (SSSR count). The molecular formula is C35H49F3O2. The highest BCUT2D eigenvalue weighted by atomic mass is 19.4. The van der Waals surface area contributed by atoms with E-state index in [0.29, 0.717) is 17.8 Å². The van der Waals surface area contributed by atoms with Gasteiger partial charge in [0, 0.05) is 6.42 Å². The molecular weight excluding hydrogens is 509 g/mol. The van der Waals surface area contributed by atoms with E-state index < -0.39 is 17.7 Å². The van der Waals surface area contributed by atoms with Crippen LogP contribution in [0.25, 0.3) is 0 Å². The Labute approximate surface area is 239 Å². The second kappa shape index (κ2) is 11.1. The summed E-state index contributed by atoms with van der Waals surface area (Å²) in [6.45, 7) is 12.3. The van der Waals surface area contributed by atoms with E-state index in [4.69, 9.17) is 4.74 Å². The molecule has 8 atom stereocenters. The van der Waals surface area contributed by atoms with Crippen LogP contribution in [0.1, 0.15) is 121 Å². The van der Waals surface area contributed by atoms with Crippen LogP contribution in [0, 0.1) is 46.3 Å². The van der Waals surface area contributed by atoms with Crippen molar-refractivity contribution >= 4 is 5.97 Å². The number of fused-ring (bicyclic) bond motifs is 5. The average molecular weight is 559 g/mol. The van der Waals surface area contributed by atoms with E-state index in [1.165, 1.54) is 62.7 Å². The van der Waals surface area contributed by atoms with Crippen molar-refractivity contribution in [2.45, 2.75) is 118 Å². The topological polar surface area (TPSA) is 26.3 Å². The minimum Gasteiger partial charge on any atom is -0.458 e. The lowest BCUT2D eigenvalue weighted by Crippen LogP contribution is -2.51. The van der Waals surface area contributed by atoms with Crippen molar-refractivity contribution in [3.63, 3.8) is 0 Å². The predicted molar refractivity (Wildman–Crippen MR) is 154 cm³/mol. The fraction of sp³-hybridized carbons (Fsp3) is 0.743. The van der Waals surface area contributed by atoms with Crippen molar-refractivity contribution in [1.82, 2.24) is 0 Å². The number of halogens is 3. The zero-order valence-corrected chi connectivity index (χ0v) is 25.2. The first-order valence-corrected chi connectivity index (χ1v) is 15.9. The van der Waals surface area contributed by atoms with Crippen LogP contribution in [0.4, 0.5) is 13.2 Å². The first-order chi connectivity index (χ1) is 18.8. The maximum Gasteiger partial charge on any atom is 0.416 e. The summed E-state index contributed by atoms with van der Waals surface area (Å²) in [4.78, 5) is 12.8. The van der Waals surface area contributed by atoms with Crippen molar-refractivity contribution in [1.29, 1.82) is 0 Å². The molecule has 0 aliphatic heterocycles. The summed E-state index contributed by atoms with van der Waals surface area (Å²) in [6, 6.07) is 4.58. The van der Waals surface area contributed by atoms with Gasteiger partial charge in [0.2, 0.25) is 0 Å². The fourth-order valence-electron chi connectivity index (χ4n) is 9.79. The van der Waals surface area contributed by atoms with Crippen LogP contribution in [-0.4, -0.2) is 12.1 Å². The van der Waals surface area contributed by atoms with Crippen LogP contribution in [0.5, 0.6) is 0 Å². The van der Waals surface area contributed by atoms with Crippen molar-refractivity contribution in [2.24, 2.45) is 46.3 Å². The third-order valence-electron chi connectivity index (χ3n) is 12.0. The monoisotopic (exact) mass is 558 g/mol. The lowest BCUT2D eigenvalue weighted by molar-refractivity contribution is -0.137. The molecule has 0 bridgehead atoms. The molecule has 40 heavy (non-hydrogen) atoms. The van der Waals surface area contributed by atoms with Gasteiger partial charge in [0.25, 0.3) is 0 Å². The maximum absolute atomic E-state index is 13.1. The van der Waals surface area contributed by atoms with Crippen molar-refractivity contribution < 1.29 is 22.7 Å². The van der Waals surface area contributed by atoms with Gasteiger partial charge in [-0.2, -0.15) is 13.2 Å². The van der Waals surface area contributed by atoms with Crippen LogP contribution in [0.3, 0.4) is 0 Å². The molecule has 0 unspecified atom stereocenters. The lowest BCUT2D eigenvalue weighted by atomic mass is 9.47. The second-order valence-corrected chi connectivity index (χ2v) is 14.6. The number of hydrogen-bond acceptors (Lipinski definition) is 2. The number of carbonyl (C=O) groups excluding carboxylic acids is 1. The van der Waals surface area contributed by atoms with Crippen LogP contribution in [0.15, 0.2) is 35.9 Å². The van der Waals surface area contributed by atoms with Crippen molar-refractivity contribution in [3.05, 3.63) is 47.0 Å². The quantitative estimate of drug-likeness (QED) is 0.246. The molecule has 0 aromatic heterocycles. The summed E-state index contributed by atoms with van der Waals surface area (Å²) in [6.07, 6.45) is 10.7. The van der Waals surface area contributed by atoms with Gasteiger partial charge in [-0.3, -0.25) is 0 Å². The Bertz CT molecular complexity index is 1110. The molecule has 0 N–H and O–H groups in total.